The van der Waals surface area contributed by atoms with Gasteiger partial charge in [0.2, 0.25) is 5.88 Å². The van der Waals surface area contributed by atoms with E-state index in [1.807, 2.05) is 39.7 Å². The Bertz CT molecular complexity index is 553. The SMILES string of the molecule is COc1cc(/C=C/B2OC(C)(C)C(C)(C)O2)cc(C=O)n1. The van der Waals surface area contributed by atoms with E-state index in [2.05, 4.69) is 4.98 Å². The van der Waals surface area contributed by atoms with Crippen molar-refractivity contribution >= 4 is 19.5 Å². The van der Waals surface area contributed by atoms with Gasteiger partial charge < -0.3 is 14.0 Å². The zero-order valence-corrected chi connectivity index (χ0v) is 13.0. The number of carbonyl (C=O) groups is 1. The minimum Gasteiger partial charge on any atom is -0.481 e. The quantitative estimate of drug-likeness (QED) is 0.629. The predicted octanol–water partition coefficient (Wildman–Crippen LogP) is 2.55. The molecule has 0 unspecified atom stereocenters. The minimum absolute atomic E-state index is 0.322. The number of hydrogen-bond donors (Lipinski definition) is 0. The summed E-state index contributed by atoms with van der Waals surface area (Å²) in [4.78, 5) is 14.9. The Labute approximate surface area is 125 Å². The van der Waals surface area contributed by atoms with Gasteiger partial charge in [0.1, 0.15) is 5.69 Å². The molecule has 1 aromatic rings. The maximum atomic E-state index is 10.9. The molecular weight excluding hydrogens is 269 g/mol. The normalized spacial score (nSPS) is 20.0. The van der Waals surface area contributed by atoms with Crippen LogP contribution in [0.15, 0.2) is 18.1 Å². The minimum atomic E-state index is -0.422. The van der Waals surface area contributed by atoms with Gasteiger partial charge in [0.15, 0.2) is 6.29 Å². The molecule has 1 fully saturated rings. The zero-order chi connectivity index (χ0) is 15.7. The van der Waals surface area contributed by atoms with Gasteiger partial charge in [-0.3, -0.25) is 4.79 Å². The standard InChI is InChI=1S/C15H20BNO4/c1-14(2)15(3,4)21-16(20-14)7-6-11-8-12(10-18)17-13(9-11)19-5/h6-10H,1-5H3/b7-6+. The van der Waals surface area contributed by atoms with E-state index in [1.165, 1.54) is 7.11 Å². The molecule has 0 spiro atoms. The summed E-state index contributed by atoms with van der Waals surface area (Å²) in [6.45, 7) is 8.00. The lowest BCUT2D eigenvalue weighted by atomic mass is 9.89. The van der Waals surface area contributed by atoms with Crippen LogP contribution in [0.5, 0.6) is 5.88 Å². The third kappa shape index (κ3) is 3.33. The molecule has 0 N–H and O–H groups in total. The van der Waals surface area contributed by atoms with Crippen LogP contribution in [0, 0.1) is 0 Å². The number of methoxy groups -OCH3 is 1. The molecule has 0 atom stereocenters. The first-order valence-corrected chi connectivity index (χ1v) is 6.82. The van der Waals surface area contributed by atoms with Crippen molar-refractivity contribution in [3.63, 3.8) is 0 Å². The van der Waals surface area contributed by atoms with Gasteiger partial charge in [-0.2, -0.15) is 0 Å². The van der Waals surface area contributed by atoms with Crippen molar-refractivity contribution in [2.75, 3.05) is 7.11 Å². The number of carbonyl (C=O) groups excluding carboxylic acids is 1. The van der Waals surface area contributed by atoms with E-state index in [1.54, 1.807) is 12.1 Å². The average Bonchev–Trinajstić information content (AvgIpc) is 2.64. The Hall–Kier alpha value is -1.66. The molecule has 0 saturated carbocycles. The van der Waals surface area contributed by atoms with Crippen molar-refractivity contribution in [2.45, 2.75) is 38.9 Å². The predicted molar refractivity (Wildman–Crippen MR) is 81.3 cm³/mol. The second-order valence-corrected chi connectivity index (χ2v) is 5.97. The molecule has 0 bridgehead atoms. The van der Waals surface area contributed by atoms with Crippen LogP contribution < -0.4 is 4.74 Å². The first kappa shape index (κ1) is 15.7. The lowest BCUT2D eigenvalue weighted by Gasteiger charge is -2.32. The second-order valence-electron chi connectivity index (χ2n) is 5.97. The van der Waals surface area contributed by atoms with Crippen LogP contribution in [0.1, 0.15) is 43.7 Å². The summed E-state index contributed by atoms with van der Waals surface area (Å²) >= 11 is 0. The molecule has 21 heavy (non-hydrogen) atoms. The smallest absolute Gasteiger partial charge is 0.481 e. The molecule has 6 heteroatoms. The Kier molecular flexibility index (Phi) is 4.21. The van der Waals surface area contributed by atoms with Gasteiger partial charge in [-0.1, -0.05) is 12.1 Å². The molecule has 1 saturated heterocycles. The number of pyridine rings is 1. The molecule has 2 rings (SSSR count). The van der Waals surface area contributed by atoms with Crippen LogP contribution in [-0.4, -0.2) is 36.7 Å². The van der Waals surface area contributed by atoms with Gasteiger partial charge in [-0.25, -0.2) is 4.98 Å². The van der Waals surface area contributed by atoms with E-state index < -0.39 is 7.12 Å². The highest BCUT2D eigenvalue weighted by Gasteiger charge is 2.49. The fourth-order valence-corrected chi connectivity index (χ4v) is 1.96. The Balaban J connectivity index is 2.17. The number of ether oxygens (including phenoxy) is 1. The molecule has 1 aliphatic heterocycles. The number of rotatable bonds is 4. The molecule has 112 valence electrons. The summed E-state index contributed by atoms with van der Waals surface area (Å²) in [7, 11) is 1.09. The van der Waals surface area contributed by atoms with Gasteiger partial charge in [0, 0.05) is 6.07 Å². The first-order chi connectivity index (χ1) is 9.77. The van der Waals surface area contributed by atoms with E-state index >= 15 is 0 Å². The number of aldehydes is 1. The maximum Gasteiger partial charge on any atom is 0.487 e. The van der Waals surface area contributed by atoms with E-state index in [9.17, 15) is 4.79 Å². The van der Waals surface area contributed by atoms with Crippen molar-refractivity contribution in [2.24, 2.45) is 0 Å². The van der Waals surface area contributed by atoms with Crippen molar-refractivity contribution in [1.82, 2.24) is 4.98 Å². The highest BCUT2D eigenvalue weighted by molar-refractivity contribution is 6.52. The van der Waals surface area contributed by atoms with Crippen LogP contribution in [0.4, 0.5) is 0 Å². The Morgan fingerprint density at radius 3 is 2.33 bits per heavy atom. The number of aromatic nitrogens is 1. The molecule has 1 aliphatic rings. The average molecular weight is 289 g/mol. The van der Waals surface area contributed by atoms with E-state index in [4.69, 9.17) is 14.0 Å². The lowest BCUT2D eigenvalue weighted by Crippen LogP contribution is -2.41. The van der Waals surface area contributed by atoms with Crippen LogP contribution >= 0.6 is 0 Å². The summed E-state index contributed by atoms with van der Waals surface area (Å²) in [6, 6.07) is 3.42. The molecule has 0 amide bonds. The number of nitrogens with zero attached hydrogens (tertiary/aromatic N) is 1. The van der Waals surface area contributed by atoms with Gasteiger partial charge in [-0.05, 0) is 39.3 Å². The topological polar surface area (TPSA) is 57.7 Å². The van der Waals surface area contributed by atoms with E-state index in [0.29, 0.717) is 17.9 Å². The summed E-state index contributed by atoms with van der Waals surface area (Å²) < 4.78 is 16.8. The molecule has 5 nitrogen and oxygen atoms in total. The Morgan fingerprint density at radius 1 is 1.19 bits per heavy atom. The molecule has 1 aromatic heterocycles. The molecule has 0 aromatic carbocycles. The van der Waals surface area contributed by atoms with Gasteiger partial charge in [0.25, 0.3) is 0 Å². The monoisotopic (exact) mass is 289 g/mol. The summed E-state index contributed by atoms with van der Waals surface area (Å²) in [5, 5.41) is 0. The van der Waals surface area contributed by atoms with Crippen molar-refractivity contribution < 1.29 is 18.8 Å². The van der Waals surface area contributed by atoms with Gasteiger partial charge >= 0.3 is 7.12 Å². The van der Waals surface area contributed by atoms with Crippen molar-refractivity contribution in [3.05, 3.63) is 29.4 Å². The molecule has 2 heterocycles. The molecular formula is C15H20BNO4. The maximum absolute atomic E-state index is 10.9. The lowest BCUT2D eigenvalue weighted by molar-refractivity contribution is 0.00578. The van der Waals surface area contributed by atoms with Crippen LogP contribution in [0.2, 0.25) is 0 Å². The molecule has 0 aliphatic carbocycles. The summed E-state index contributed by atoms with van der Waals surface area (Å²) in [5.74, 6) is 2.22. The van der Waals surface area contributed by atoms with Crippen molar-refractivity contribution in [3.8, 4) is 5.88 Å². The Morgan fingerprint density at radius 2 is 1.81 bits per heavy atom. The fraction of sp³-hybridized carbons (Fsp3) is 0.467. The highest BCUT2D eigenvalue weighted by atomic mass is 16.7. The summed E-state index contributed by atoms with van der Waals surface area (Å²) in [5.41, 5.74) is 0.388. The van der Waals surface area contributed by atoms with Crippen molar-refractivity contribution in [1.29, 1.82) is 0 Å². The van der Waals surface area contributed by atoms with E-state index in [-0.39, 0.29) is 11.2 Å². The fourth-order valence-electron chi connectivity index (χ4n) is 1.96. The second kappa shape index (κ2) is 5.62. The third-order valence-corrected chi connectivity index (χ3v) is 3.89. The van der Waals surface area contributed by atoms with Crippen LogP contribution in [-0.2, 0) is 9.31 Å². The van der Waals surface area contributed by atoms with Gasteiger partial charge in [0.05, 0.1) is 18.3 Å². The highest BCUT2D eigenvalue weighted by Crippen LogP contribution is 2.37. The van der Waals surface area contributed by atoms with Crippen LogP contribution in [0.25, 0.3) is 6.08 Å². The zero-order valence-electron chi connectivity index (χ0n) is 13.0. The first-order valence-electron chi connectivity index (χ1n) is 6.82. The van der Waals surface area contributed by atoms with Crippen LogP contribution in [0.3, 0.4) is 0 Å². The number of hydrogen-bond acceptors (Lipinski definition) is 5. The molecule has 0 radical (unpaired) electrons. The van der Waals surface area contributed by atoms with E-state index in [0.717, 1.165) is 5.56 Å². The van der Waals surface area contributed by atoms with Gasteiger partial charge in [-0.15, -0.1) is 0 Å². The summed E-state index contributed by atoms with van der Waals surface area (Å²) in [6.07, 6.45) is 2.52. The largest absolute Gasteiger partial charge is 0.487 e. The third-order valence-electron chi connectivity index (χ3n) is 3.89.